The molecule has 2 fully saturated rings. The fourth-order valence-electron chi connectivity index (χ4n) is 7.29. The number of carbonyl (C=O) groups excluding carboxylic acids is 1. The number of nitrogens with one attached hydrogen (secondary N) is 1. The van der Waals surface area contributed by atoms with Crippen LogP contribution in [0.5, 0.6) is 0 Å². The fraction of sp³-hybridized carbons (Fsp3) is 0.929. The van der Waals surface area contributed by atoms with Crippen molar-refractivity contribution in [1.82, 2.24) is 5.32 Å². The van der Waals surface area contributed by atoms with Crippen molar-refractivity contribution in [3.05, 3.63) is 12.2 Å². The summed E-state index contributed by atoms with van der Waals surface area (Å²) in [6.45, 7) is 2.63. The largest absolute Gasteiger partial charge is 0.394 e. The molecule has 2 aliphatic rings. The number of amides is 1. The Morgan fingerprint density at radius 3 is 1.64 bits per heavy atom. The second-order valence-corrected chi connectivity index (χ2v) is 15.8. The number of allylic oxidation sites excluding steroid dienone is 1. The van der Waals surface area contributed by atoms with Gasteiger partial charge in [-0.2, -0.15) is 0 Å². The van der Waals surface area contributed by atoms with E-state index in [1.807, 2.05) is 6.08 Å². The predicted octanol–water partition coefficient (Wildman–Crippen LogP) is 3.65. The summed E-state index contributed by atoms with van der Waals surface area (Å²) >= 11 is 0. The van der Waals surface area contributed by atoms with Crippen LogP contribution in [0, 0.1) is 0 Å². The zero-order valence-corrected chi connectivity index (χ0v) is 34.4. The van der Waals surface area contributed by atoms with Gasteiger partial charge in [0.05, 0.1) is 32.0 Å². The highest BCUT2D eigenvalue weighted by Crippen LogP contribution is 2.30. The third kappa shape index (κ3) is 19.2. The van der Waals surface area contributed by atoms with E-state index < -0.39 is 86.8 Å². The number of aliphatic hydroxyl groups is 8. The van der Waals surface area contributed by atoms with Gasteiger partial charge in [-0.1, -0.05) is 142 Å². The molecular formula is C42H79NO13. The maximum atomic E-state index is 12.8. The van der Waals surface area contributed by atoms with Crippen LogP contribution in [-0.2, 0) is 23.7 Å². The summed E-state index contributed by atoms with van der Waals surface area (Å²) in [4.78, 5) is 12.8. The molecule has 1 amide bonds. The highest BCUT2D eigenvalue weighted by atomic mass is 16.7. The molecular weight excluding hydrogens is 726 g/mol. The zero-order chi connectivity index (χ0) is 41.1. The molecule has 0 radical (unpaired) electrons. The maximum absolute atomic E-state index is 12.8. The number of carbonyl (C=O) groups is 1. The Morgan fingerprint density at radius 2 is 1.11 bits per heavy atom. The van der Waals surface area contributed by atoms with Crippen LogP contribution in [0.4, 0.5) is 0 Å². The van der Waals surface area contributed by atoms with Crippen molar-refractivity contribution >= 4 is 5.91 Å². The van der Waals surface area contributed by atoms with Gasteiger partial charge in [0.2, 0.25) is 5.91 Å². The van der Waals surface area contributed by atoms with E-state index in [1.54, 1.807) is 6.08 Å². The molecule has 2 saturated heterocycles. The van der Waals surface area contributed by atoms with Crippen LogP contribution >= 0.6 is 0 Å². The number of hydrogen-bond donors (Lipinski definition) is 9. The highest BCUT2D eigenvalue weighted by Gasteiger charge is 2.50. The van der Waals surface area contributed by atoms with Crippen LogP contribution in [0.15, 0.2) is 12.2 Å². The molecule has 12 unspecified atom stereocenters. The van der Waals surface area contributed by atoms with Crippen LogP contribution in [0.25, 0.3) is 0 Å². The maximum Gasteiger partial charge on any atom is 0.220 e. The normalized spacial score (nSPS) is 29.5. The number of ether oxygens (including phenoxy) is 4. The molecule has 0 bridgehead atoms. The van der Waals surface area contributed by atoms with Crippen molar-refractivity contribution in [1.29, 1.82) is 0 Å². The average Bonchev–Trinajstić information content (AvgIpc) is 3.19. The topological polar surface area (TPSA) is 228 Å². The number of aliphatic hydroxyl groups excluding tert-OH is 8. The molecule has 12 atom stereocenters. The second kappa shape index (κ2) is 30.7. The summed E-state index contributed by atoms with van der Waals surface area (Å²) in [6, 6.07) is -0.903. The van der Waals surface area contributed by atoms with Gasteiger partial charge in [-0.3, -0.25) is 4.79 Å². The lowest BCUT2D eigenvalue weighted by Crippen LogP contribution is -2.65. The minimum Gasteiger partial charge on any atom is -0.394 e. The molecule has 14 heteroatoms. The third-order valence-corrected chi connectivity index (χ3v) is 11.0. The molecule has 0 saturated carbocycles. The Labute approximate surface area is 336 Å². The highest BCUT2D eigenvalue weighted by molar-refractivity contribution is 5.76. The zero-order valence-electron chi connectivity index (χ0n) is 34.4. The minimum absolute atomic E-state index is 0.258. The van der Waals surface area contributed by atoms with Crippen LogP contribution in [-0.4, -0.2) is 140 Å². The fourth-order valence-corrected chi connectivity index (χ4v) is 7.29. The van der Waals surface area contributed by atoms with Gasteiger partial charge < -0.3 is 65.1 Å². The Morgan fingerprint density at radius 1 is 0.625 bits per heavy atom. The summed E-state index contributed by atoms with van der Waals surface area (Å²) < 4.78 is 22.5. The van der Waals surface area contributed by atoms with E-state index in [-0.39, 0.29) is 18.9 Å². The van der Waals surface area contributed by atoms with Gasteiger partial charge in [-0.15, -0.1) is 0 Å². The molecule has 9 N–H and O–H groups in total. The molecule has 0 spiro atoms. The van der Waals surface area contributed by atoms with Crippen molar-refractivity contribution in [2.45, 2.75) is 229 Å². The van der Waals surface area contributed by atoms with Gasteiger partial charge in [0.25, 0.3) is 0 Å². The van der Waals surface area contributed by atoms with Crippen LogP contribution in [0.3, 0.4) is 0 Å². The van der Waals surface area contributed by atoms with E-state index in [2.05, 4.69) is 19.2 Å². The van der Waals surface area contributed by atoms with Gasteiger partial charge in [-0.05, 0) is 19.3 Å². The number of rotatable bonds is 32. The lowest BCUT2D eigenvalue weighted by atomic mass is 9.97. The SMILES string of the molecule is CCCCCCCCCCCCCCCCCC/C=C/C(O)C(COC1OC(CO)C(OC2OC(CO)C(O)C(O)C2O)C(O)C1O)NC(=O)CCCCCC. The lowest BCUT2D eigenvalue weighted by Gasteiger charge is -2.46. The second-order valence-electron chi connectivity index (χ2n) is 15.8. The monoisotopic (exact) mass is 806 g/mol. The number of unbranched alkanes of at least 4 members (excludes halogenated alkanes) is 19. The predicted molar refractivity (Wildman–Crippen MR) is 212 cm³/mol. The van der Waals surface area contributed by atoms with Gasteiger partial charge >= 0.3 is 0 Å². The van der Waals surface area contributed by atoms with Gasteiger partial charge in [0.1, 0.15) is 48.8 Å². The third-order valence-electron chi connectivity index (χ3n) is 11.0. The summed E-state index contributed by atoms with van der Waals surface area (Å²) in [5.41, 5.74) is 0. The molecule has 330 valence electrons. The Kier molecular flexibility index (Phi) is 27.9. The smallest absolute Gasteiger partial charge is 0.220 e. The quantitative estimate of drug-likeness (QED) is 0.0350. The van der Waals surface area contributed by atoms with E-state index in [4.69, 9.17) is 18.9 Å². The first kappa shape index (κ1) is 50.9. The van der Waals surface area contributed by atoms with Crippen LogP contribution in [0.1, 0.15) is 155 Å². The molecule has 2 aliphatic heterocycles. The summed E-state index contributed by atoms with van der Waals surface area (Å²) in [5, 5.41) is 85.9. The first-order valence-corrected chi connectivity index (χ1v) is 21.9. The molecule has 2 rings (SSSR count). The average molecular weight is 806 g/mol. The standard InChI is InChI=1S/C42H79NO13/c1-3-5-7-9-10-11-12-13-14-15-16-17-18-19-20-21-22-23-25-31(46)30(43-34(47)26-24-8-6-4-2)29-53-41-39(52)37(50)40(33(28-45)55-41)56-42-38(51)36(49)35(48)32(27-44)54-42/h23,25,30-33,35-42,44-46,48-52H,3-22,24,26-29H2,1-2H3,(H,43,47)/b25-23+. The first-order chi connectivity index (χ1) is 27.1. The van der Waals surface area contributed by atoms with Crippen LogP contribution < -0.4 is 5.32 Å². The summed E-state index contributed by atoms with van der Waals surface area (Å²) in [7, 11) is 0. The van der Waals surface area contributed by atoms with E-state index >= 15 is 0 Å². The van der Waals surface area contributed by atoms with E-state index in [0.29, 0.717) is 6.42 Å². The Hall–Kier alpha value is -1.27. The lowest BCUT2D eigenvalue weighted by molar-refractivity contribution is -0.359. The van der Waals surface area contributed by atoms with Gasteiger partial charge in [0.15, 0.2) is 12.6 Å². The Bertz CT molecular complexity index is 1000. The first-order valence-electron chi connectivity index (χ1n) is 21.9. The minimum atomic E-state index is -1.78. The van der Waals surface area contributed by atoms with Crippen molar-refractivity contribution in [3.63, 3.8) is 0 Å². The van der Waals surface area contributed by atoms with Crippen molar-refractivity contribution < 1.29 is 64.6 Å². The summed E-state index contributed by atoms with van der Waals surface area (Å²) in [5.74, 6) is -0.258. The van der Waals surface area contributed by atoms with Crippen molar-refractivity contribution in [2.24, 2.45) is 0 Å². The molecule has 2 heterocycles. The molecule has 0 aromatic carbocycles. The molecule has 0 aromatic heterocycles. The Balaban J connectivity index is 1.81. The van der Waals surface area contributed by atoms with E-state index in [0.717, 1.165) is 38.5 Å². The molecule has 14 nitrogen and oxygen atoms in total. The molecule has 0 aromatic rings. The molecule has 0 aliphatic carbocycles. The van der Waals surface area contributed by atoms with Crippen molar-refractivity contribution in [2.75, 3.05) is 19.8 Å². The number of hydrogen-bond acceptors (Lipinski definition) is 13. The van der Waals surface area contributed by atoms with E-state index in [1.165, 1.54) is 89.9 Å². The van der Waals surface area contributed by atoms with E-state index in [9.17, 15) is 45.6 Å². The summed E-state index contributed by atoms with van der Waals surface area (Å²) in [6.07, 6.45) is 12.0. The van der Waals surface area contributed by atoms with Gasteiger partial charge in [-0.25, -0.2) is 0 Å². The van der Waals surface area contributed by atoms with Crippen LogP contribution in [0.2, 0.25) is 0 Å². The molecule has 56 heavy (non-hydrogen) atoms. The van der Waals surface area contributed by atoms with Crippen molar-refractivity contribution in [3.8, 4) is 0 Å². The van der Waals surface area contributed by atoms with Gasteiger partial charge in [0, 0.05) is 6.42 Å².